The highest BCUT2D eigenvalue weighted by molar-refractivity contribution is 6.01. The smallest absolute Gasteiger partial charge is 0.281 e. The Labute approximate surface area is 178 Å². The van der Waals surface area contributed by atoms with Crippen LogP contribution in [-0.4, -0.2) is 16.7 Å². The van der Waals surface area contributed by atoms with Crippen LogP contribution in [0.4, 0.5) is 0 Å². The van der Waals surface area contributed by atoms with Crippen LogP contribution in [0.2, 0.25) is 0 Å². The number of rotatable bonds is 7. The molecule has 4 nitrogen and oxygen atoms in total. The molecule has 0 bridgehead atoms. The Bertz CT molecular complexity index is 996. The Hall–Kier alpha value is -3.24. The van der Waals surface area contributed by atoms with E-state index in [1.165, 1.54) is 0 Å². The first kappa shape index (κ1) is 21.5. The zero-order chi connectivity index (χ0) is 21.6. The van der Waals surface area contributed by atoms with Gasteiger partial charge in [-0.2, -0.15) is 5.10 Å². The summed E-state index contributed by atoms with van der Waals surface area (Å²) in [5.41, 5.74) is 5.29. The molecule has 2 N–H and O–H groups in total. The molecular weight excluding hydrogens is 372 g/mol. The summed E-state index contributed by atoms with van der Waals surface area (Å²) in [6.07, 6.45) is 1.61. The lowest BCUT2D eigenvalue weighted by Gasteiger charge is -2.30. The second kappa shape index (κ2) is 9.51. The maximum Gasteiger partial charge on any atom is 0.281 e. The van der Waals surface area contributed by atoms with E-state index in [4.69, 9.17) is 0 Å². The Morgan fingerprint density at radius 3 is 1.87 bits per heavy atom. The molecule has 4 heteroatoms. The van der Waals surface area contributed by atoms with Crippen molar-refractivity contribution >= 4 is 11.6 Å². The first-order valence-electron chi connectivity index (χ1n) is 10.3. The van der Waals surface area contributed by atoms with Gasteiger partial charge in [0.05, 0.1) is 5.71 Å². The molecule has 0 fully saturated rings. The third-order valence-corrected chi connectivity index (χ3v) is 5.28. The Balaban J connectivity index is 2.05. The van der Waals surface area contributed by atoms with Crippen LogP contribution < -0.4 is 5.43 Å². The van der Waals surface area contributed by atoms with Gasteiger partial charge < -0.3 is 5.11 Å². The lowest BCUT2D eigenvalue weighted by Crippen LogP contribution is -2.45. The fraction of sp³-hybridized carbons (Fsp3) is 0.231. The van der Waals surface area contributed by atoms with Crippen molar-refractivity contribution in [3.05, 3.63) is 107 Å². The number of hydrogen-bond donors (Lipinski definition) is 2. The molecule has 0 saturated heterocycles. The quantitative estimate of drug-likeness (QED) is 0.439. The van der Waals surface area contributed by atoms with Crippen LogP contribution in [0.1, 0.15) is 47.6 Å². The van der Waals surface area contributed by atoms with E-state index in [0.29, 0.717) is 11.1 Å². The first-order chi connectivity index (χ1) is 14.5. The molecule has 154 valence electrons. The van der Waals surface area contributed by atoms with E-state index >= 15 is 0 Å². The number of aryl methyl sites for hydroxylation is 2. The summed E-state index contributed by atoms with van der Waals surface area (Å²) in [5.74, 6) is -0.573. The molecule has 0 aromatic heterocycles. The predicted molar refractivity (Wildman–Crippen MR) is 121 cm³/mol. The van der Waals surface area contributed by atoms with Crippen LogP contribution in [0.5, 0.6) is 0 Å². The van der Waals surface area contributed by atoms with E-state index in [-0.39, 0.29) is 0 Å². The summed E-state index contributed by atoms with van der Waals surface area (Å²) in [5, 5.41) is 16.2. The van der Waals surface area contributed by atoms with Gasteiger partial charge >= 0.3 is 0 Å². The molecule has 3 aromatic carbocycles. The molecule has 1 amide bonds. The molecule has 0 saturated carbocycles. The van der Waals surface area contributed by atoms with Gasteiger partial charge in [-0.1, -0.05) is 92.2 Å². The third-order valence-electron chi connectivity index (χ3n) is 5.28. The maximum absolute atomic E-state index is 13.4. The summed E-state index contributed by atoms with van der Waals surface area (Å²) in [7, 11) is 0. The van der Waals surface area contributed by atoms with Crippen LogP contribution in [0.3, 0.4) is 0 Å². The second-order valence-electron chi connectivity index (χ2n) is 7.46. The van der Waals surface area contributed by atoms with E-state index in [9.17, 15) is 9.90 Å². The van der Waals surface area contributed by atoms with Crippen LogP contribution >= 0.6 is 0 Å². The number of hydrogen-bond acceptors (Lipinski definition) is 3. The van der Waals surface area contributed by atoms with Crippen molar-refractivity contribution < 1.29 is 9.90 Å². The minimum atomic E-state index is -1.85. The number of hydrazone groups is 1. The lowest BCUT2D eigenvalue weighted by molar-refractivity contribution is -0.136. The second-order valence-corrected chi connectivity index (χ2v) is 7.46. The van der Waals surface area contributed by atoms with Crippen molar-refractivity contribution in [1.29, 1.82) is 0 Å². The molecule has 3 rings (SSSR count). The minimum Gasteiger partial charge on any atom is -0.372 e. The van der Waals surface area contributed by atoms with Crippen molar-refractivity contribution in [2.45, 2.75) is 39.2 Å². The van der Waals surface area contributed by atoms with Gasteiger partial charge in [0.15, 0.2) is 5.60 Å². The highest BCUT2D eigenvalue weighted by atomic mass is 16.3. The predicted octanol–water partition coefficient (Wildman–Crippen LogP) is 4.86. The van der Waals surface area contributed by atoms with Gasteiger partial charge in [-0.05, 0) is 37.0 Å². The summed E-state index contributed by atoms with van der Waals surface area (Å²) in [4.78, 5) is 13.4. The number of nitrogens with one attached hydrogen (secondary N) is 1. The van der Waals surface area contributed by atoms with E-state index < -0.39 is 11.5 Å². The fourth-order valence-electron chi connectivity index (χ4n) is 3.68. The molecule has 0 unspecified atom stereocenters. The maximum atomic E-state index is 13.4. The van der Waals surface area contributed by atoms with Gasteiger partial charge in [-0.3, -0.25) is 4.79 Å². The van der Waals surface area contributed by atoms with Crippen molar-refractivity contribution in [1.82, 2.24) is 5.43 Å². The van der Waals surface area contributed by atoms with Crippen LogP contribution in [-0.2, 0) is 10.4 Å². The Morgan fingerprint density at radius 2 is 1.37 bits per heavy atom. The molecule has 0 atom stereocenters. The van der Waals surface area contributed by atoms with E-state index in [1.807, 2.05) is 80.6 Å². The molecule has 30 heavy (non-hydrogen) atoms. The monoisotopic (exact) mass is 400 g/mol. The zero-order valence-electron chi connectivity index (χ0n) is 17.7. The van der Waals surface area contributed by atoms with Crippen LogP contribution in [0.15, 0.2) is 84.0 Å². The third kappa shape index (κ3) is 4.34. The molecule has 0 aliphatic rings. The van der Waals surface area contributed by atoms with E-state index in [0.717, 1.165) is 35.2 Å². The summed E-state index contributed by atoms with van der Waals surface area (Å²) < 4.78 is 0. The highest BCUT2D eigenvalue weighted by Crippen LogP contribution is 2.34. The van der Waals surface area contributed by atoms with Gasteiger partial charge in [-0.15, -0.1) is 0 Å². The van der Waals surface area contributed by atoms with Gasteiger partial charge in [-0.25, -0.2) is 5.43 Å². The largest absolute Gasteiger partial charge is 0.372 e. The van der Waals surface area contributed by atoms with Crippen LogP contribution in [0.25, 0.3) is 0 Å². The summed E-state index contributed by atoms with van der Waals surface area (Å²) in [6, 6.07) is 24.6. The Kier molecular flexibility index (Phi) is 6.80. The number of carbonyl (C=O) groups excluding carboxylic acids is 1. The van der Waals surface area contributed by atoms with Gasteiger partial charge in [0.25, 0.3) is 5.91 Å². The number of nitrogens with zero attached hydrogens (tertiary/aromatic N) is 1. The average Bonchev–Trinajstić information content (AvgIpc) is 2.77. The Morgan fingerprint density at radius 1 is 0.867 bits per heavy atom. The van der Waals surface area contributed by atoms with Crippen molar-refractivity contribution in [2.24, 2.45) is 5.10 Å². The fourth-order valence-corrected chi connectivity index (χ4v) is 3.68. The van der Waals surface area contributed by atoms with Gasteiger partial charge in [0.2, 0.25) is 0 Å². The molecule has 0 radical (unpaired) electrons. The minimum absolute atomic E-state index is 0.545. The van der Waals surface area contributed by atoms with E-state index in [1.54, 1.807) is 12.1 Å². The van der Waals surface area contributed by atoms with Gasteiger partial charge in [0, 0.05) is 11.1 Å². The normalized spacial score (nSPS) is 11.9. The molecule has 0 spiro atoms. The lowest BCUT2D eigenvalue weighted by atomic mass is 9.81. The topological polar surface area (TPSA) is 61.7 Å². The number of aliphatic hydroxyl groups is 1. The zero-order valence-corrected chi connectivity index (χ0v) is 17.7. The van der Waals surface area contributed by atoms with E-state index in [2.05, 4.69) is 17.5 Å². The number of benzene rings is 3. The average molecular weight is 401 g/mol. The van der Waals surface area contributed by atoms with Crippen molar-refractivity contribution in [3.63, 3.8) is 0 Å². The molecule has 3 aromatic rings. The standard InChI is InChI=1S/C26H28N2O2/c1-4-12-24(21-15-6-5-7-16-21)27-28-25(29)26(30,22-17-10-8-13-19(22)2)23-18-11-9-14-20(23)3/h5-11,13-18,30H,4,12H2,1-3H3,(H,28,29). The van der Waals surface area contributed by atoms with Crippen molar-refractivity contribution in [3.8, 4) is 0 Å². The number of amides is 1. The van der Waals surface area contributed by atoms with Crippen LogP contribution in [0, 0.1) is 13.8 Å². The SMILES string of the molecule is CCCC(=NNC(=O)C(O)(c1ccccc1C)c1ccccc1C)c1ccccc1. The van der Waals surface area contributed by atoms with Crippen molar-refractivity contribution in [2.75, 3.05) is 0 Å². The number of carbonyl (C=O) groups is 1. The molecular formula is C26H28N2O2. The summed E-state index contributed by atoms with van der Waals surface area (Å²) in [6.45, 7) is 5.85. The first-order valence-corrected chi connectivity index (χ1v) is 10.3. The molecule has 0 heterocycles. The highest BCUT2D eigenvalue weighted by Gasteiger charge is 2.42. The van der Waals surface area contributed by atoms with Gasteiger partial charge in [0.1, 0.15) is 0 Å². The molecule has 0 aliphatic carbocycles. The molecule has 0 aliphatic heterocycles. The summed E-state index contributed by atoms with van der Waals surface area (Å²) >= 11 is 0.